The molecule has 0 aliphatic heterocycles. The first-order valence-corrected chi connectivity index (χ1v) is 12.6. The number of anilines is 1. The van der Waals surface area contributed by atoms with E-state index < -0.39 is 11.9 Å². The molecule has 1 amide bonds. The smallest absolute Gasteiger partial charge is 0.397 e. The van der Waals surface area contributed by atoms with E-state index in [0.29, 0.717) is 36.9 Å². The molecule has 2 N–H and O–H groups in total. The summed E-state index contributed by atoms with van der Waals surface area (Å²) in [5, 5.41) is 13.2. The molecular weight excluding hydrogens is 484 g/mol. The molecule has 0 aliphatic rings. The number of phenols is 1. The molecule has 8 nitrogen and oxygen atoms in total. The van der Waals surface area contributed by atoms with Crippen LogP contribution in [0.5, 0.6) is 17.2 Å². The zero-order valence-electron chi connectivity index (χ0n) is 22.6. The number of carbonyl (C=O) groups excluding carboxylic acids is 2. The van der Waals surface area contributed by atoms with Crippen LogP contribution in [0.1, 0.15) is 36.1 Å². The maximum atomic E-state index is 12.0. The molecule has 0 fully saturated rings. The second kappa shape index (κ2) is 13.6. The van der Waals surface area contributed by atoms with Crippen molar-refractivity contribution in [3.8, 4) is 17.2 Å². The summed E-state index contributed by atoms with van der Waals surface area (Å²) in [4.78, 5) is 25.9. The van der Waals surface area contributed by atoms with E-state index in [4.69, 9.17) is 14.2 Å². The molecule has 3 aromatic carbocycles. The summed E-state index contributed by atoms with van der Waals surface area (Å²) in [6.07, 6.45) is 0. The molecule has 1 atom stereocenters. The molecule has 0 bridgehead atoms. The van der Waals surface area contributed by atoms with Crippen LogP contribution in [0.25, 0.3) is 0 Å². The average molecular weight is 521 g/mol. The van der Waals surface area contributed by atoms with Crippen LogP contribution >= 0.6 is 0 Å². The highest BCUT2D eigenvalue weighted by Crippen LogP contribution is 2.34. The molecule has 0 aromatic heterocycles. The first kappa shape index (κ1) is 28.7. The highest BCUT2D eigenvalue weighted by atomic mass is 16.5. The Morgan fingerprint density at radius 3 is 2.32 bits per heavy atom. The maximum absolute atomic E-state index is 12.0. The van der Waals surface area contributed by atoms with Gasteiger partial charge in [0.25, 0.3) is 0 Å². The molecule has 1 unspecified atom stereocenters. The molecular formula is C30H36N2O6. The molecule has 0 saturated heterocycles. The lowest BCUT2D eigenvalue weighted by atomic mass is 10.1. The van der Waals surface area contributed by atoms with Crippen LogP contribution in [0, 0.1) is 13.8 Å². The van der Waals surface area contributed by atoms with Gasteiger partial charge in [-0.25, -0.2) is 4.79 Å². The fourth-order valence-electron chi connectivity index (χ4n) is 4.18. The lowest BCUT2D eigenvalue weighted by Crippen LogP contribution is -2.35. The average Bonchev–Trinajstić information content (AvgIpc) is 2.88. The number of hydrogen-bond donors (Lipinski definition) is 2. The van der Waals surface area contributed by atoms with Crippen LogP contribution in [0.3, 0.4) is 0 Å². The maximum Gasteiger partial charge on any atom is 0.397 e. The molecule has 38 heavy (non-hydrogen) atoms. The predicted molar refractivity (Wildman–Crippen MR) is 146 cm³/mol. The molecule has 3 aromatic rings. The van der Waals surface area contributed by atoms with E-state index in [1.165, 1.54) is 5.56 Å². The second-order valence-corrected chi connectivity index (χ2v) is 9.20. The number of rotatable bonds is 11. The number of benzene rings is 3. The van der Waals surface area contributed by atoms with Gasteiger partial charge in [0.1, 0.15) is 17.2 Å². The van der Waals surface area contributed by atoms with Crippen LogP contribution in [0.2, 0.25) is 0 Å². The predicted octanol–water partition coefficient (Wildman–Crippen LogP) is 5.34. The molecule has 8 heteroatoms. The van der Waals surface area contributed by atoms with Gasteiger partial charge in [0.05, 0.1) is 13.2 Å². The summed E-state index contributed by atoms with van der Waals surface area (Å²) < 4.78 is 16.4. The van der Waals surface area contributed by atoms with Gasteiger partial charge in [-0.3, -0.25) is 9.69 Å². The van der Waals surface area contributed by atoms with Crippen LogP contribution in [0.15, 0.2) is 60.7 Å². The van der Waals surface area contributed by atoms with Crippen molar-refractivity contribution >= 4 is 17.6 Å². The normalized spacial score (nSPS) is 11.7. The SMILES string of the molecule is CCOC(=O)C(=O)Nc1cc(C)c(Oc2ccc(O)c(CN(Cc3ccccc3)C(C)COC)c2)c(C)c1. The van der Waals surface area contributed by atoms with Gasteiger partial charge in [0.2, 0.25) is 0 Å². The monoisotopic (exact) mass is 520 g/mol. The number of ether oxygens (including phenoxy) is 3. The van der Waals surface area contributed by atoms with E-state index in [1.54, 1.807) is 38.3 Å². The molecule has 0 aliphatic carbocycles. The van der Waals surface area contributed by atoms with Gasteiger partial charge in [0.15, 0.2) is 0 Å². The fourth-order valence-corrected chi connectivity index (χ4v) is 4.18. The van der Waals surface area contributed by atoms with Crippen molar-refractivity contribution in [2.24, 2.45) is 0 Å². The number of phenolic OH excluding ortho intramolecular Hbond substituents is 1. The summed E-state index contributed by atoms with van der Waals surface area (Å²) in [5.74, 6) is -0.368. The summed E-state index contributed by atoms with van der Waals surface area (Å²) in [7, 11) is 1.68. The lowest BCUT2D eigenvalue weighted by molar-refractivity contribution is -0.152. The Balaban J connectivity index is 1.80. The zero-order valence-corrected chi connectivity index (χ0v) is 22.6. The van der Waals surface area contributed by atoms with Crippen molar-refractivity contribution in [1.82, 2.24) is 4.90 Å². The molecule has 0 heterocycles. The number of hydrogen-bond acceptors (Lipinski definition) is 7. The van der Waals surface area contributed by atoms with Gasteiger partial charge in [0, 0.05) is 37.5 Å². The topological polar surface area (TPSA) is 97.3 Å². The summed E-state index contributed by atoms with van der Waals surface area (Å²) in [6.45, 7) is 9.34. The number of esters is 1. The number of nitrogens with one attached hydrogen (secondary N) is 1. The number of nitrogens with zero attached hydrogens (tertiary/aromatic N) is 1. The lowest BCUT2D eigenvalue weighted by Gasteiger charge is -2.29. The van der Waals surface area contributed by atoms with E-state index in [2.05, 4.69) is 29.3 Å². The third-order valence-corrected chi connectivity index (χ3v) is 6.08. The molecule has 0 spiro atoms. The van der Waals surface area contributed by atoms with E-state index in [-0.39, 0.29) is 18.4 Å². The highest BCUT2D eigenvalue weighted by molar-refractivity contribution is 6.37. The summed E-state index contributed by atoms with van der Waals surface area (Å²) in [5.41, 5.74) is 3.93. The van der Waals surface area contributed by atoms with E-state index in [0.717, 1.165) is 16.7 Å². The minimum atomic E-state index is -0.930. The zero-order chi connectivity index (χ0) is 27.7. The molecule has 3 rings (SSSR count). The molecule has 0 radical (unpaired) electrons. The van der Waals surface area contributed by atoms with Gasteiger partial charge in [-0.2, -0.15) is 0 Å². The van der Waals surface area contributed by atoms with Crippen molar-refractivity contribution in [2.75, 3.05) is 25.6 Å². The fraction of sp³-hybridized carbons (Fsp3) is 0.333. The third kappa shape index (κ3) is 7.81. The van der Waals surface area contributed by atoms with Gasteiger partial charge >= 0.3 is 11.9 Å². The van der Waals surface area contributed by atoms with Gasteiger partial charge in [-0.05, 0) is 74.7 Å². The first-order chi connectivity index (χ1) is 18.2. The highest BCUT2D eigenvalue weighted by Gasteiger charge is 2.19. The van der Waals surface area contributed by atoms with Crippen LogP contribution in [-0.2, 0) is 32.2 Å². The minimum Gasteiger partial charge on any atom is -0.508 e. The first-order valence-electron chi connectivity index (χ1n) is 12.6. The standard InChI is InChI=1S/C30H36N2O6/c1-6-37-30(35)29(34)31-25-14-20(2)28(21(3)15-25)38-26-12-13-27(33)24(16-26)18-32(22(4)19-36-5)17-23-10-8-7-9-11-23/h7-16,22,33H,6,17-19H2,1-5H3,(H,31,34). The number of amides is 1. The van der Waals surface area contributed by atoms with E-state index in [1.807, 2.05) is 38.1 Å². The van der Waals surface area contributed by atoms with Crippen molar-refractivity contribution < 1.29 is 28.9 Å². The largest absolute Gasteiger partial charge is 0.508 e. The Hall–Kier alpha value is -3.88. The van der Waals surface area contributed by atoms with E-state index >= 15 is 0 Å². The number of aryl methyl sites for hydroxylation is 2. The van der Waals surface area contributed by atoms with Crippen LogP contribution in [0.4, 0.5) is 5.69 Å². The van der Waals surface area contributed by atoms with Crippen molar-refractivity contribution in [2.45, 2.75) is 46.8 Å². The Kier molecular flexibility index (Phi) is 10.3. The number of methoxy groups -OCH3 is 1. The Labute approximate surface area is 224 Å². The van der Waals surface area contributed by atoms with Crippen LogP contribution < -0.4 is 10.1 Å². The second-order valence-electron chi connectivity index (χ2n) is 9.20. The van der Waals surface area contributed by atoms with Crippen molar-refractivity contribution in [3.05, 3.63) is 82.9 Å². The van der Waals surface area contributed by atoms with Crippen molar-refractivity contribution in [3.63, 3.8) is 0 Å². The summed E-state index contributed by atoms with van der Waals surface area (Å²) >= 11 is 0. The van der Waals surface area contributed by atoms with Crippen LogP contribution in [-0.4, -0.2) is 48.2 Å². The minimum absolute atomic E-state index is 0.117. The molecule has 0 saturated carbocycles. The number of carbonyl (C=O) groups is 2. The Morgan fingerprint density at radius 2 is 1.68 bits per heavy atom. The van der Waals surface area contributed by atoms with Gasteiger partial charge < -0.3 is 24.6 Å². The van der Waals surface area contributed by atoms with Gasteiger partial charge in [-0.1, -0.05) is 30.3 Å². The quantitative estimate of drug-likeness (QED) is 0.260. The Morgan fingerprint density at radius 1 is 1.00 bits per heavy atom. The third-order valence-electron chi connectivity index (χ3n) is 6.08. The van der Waals surface area contributed by atoms with Gasteiger partial charge in [-0.15, -0.1) is 0 Å². The Bertz CT molecular complexity index is 1220. The number of aromatic hydroxyl groups is 1. The van der Waals surface area contributed by atoms with E-state index in [9.17, 15) is 14.7 Å². The summed E-state index contributed by atoms with van der Waals surface area (Å²) in [6, 6.07) is 18.9. The molecule has 202 valence electrons. The van der Waals surface area contributed by atoms with Crippen molar-refractivity contribution in [1.29, 1.82) is 0 Å².